The van der Waals surface area contributed by atoms with Crippen LogP contribution in [0.1, 0.15) is 35.8 Å². The fourth-order valence-electron chi connectivity index (χ4n) is 3.19. The highest BCUT2D eigenvalue weighted by Crippen LogP contribution is 2.28. The van der Waals surface area contributed by atoms with Crippen molar-refractivity contribution >= 4 is 23.6 Å². The lowest BCUT2D eigenvalue weighted by Crippen LogP contribution is -2.49. The van der Waals surface area contributed by atoms with Gasteiger partial charge in [0, 0.05) is 13.0 Å². The van der Waals surface area contributed by atoms with E-state index in [-0.39, 0.29) is 29.8 Å². The summed E-state index contributed by atoms with van der Waals surface area (Å²) in [7, 11) is 0. The number of pyridine rings is 1. The molecule has 8 heteroatoms. The molecular weight excluding hydrogens is 370 g/mol. The number of alkyl carbamates (subject to hydrolysis) is 1. The Balaban J connectivity index is 1.64. The van der Waals surface area contributed by atoms with Gasteiger partial charge in [0.25, 0.3) is 11.5 Å². The third kappa shape index (κ3) is 3.83. The first-order valence-corrected chi connectivity index (χ1v) is 9.04. The molecule has 0 radical (unpaired) electrons. The maximum absolute atomic E-state index is 12.5. The zero-order valence-electron chi connectivity index (χ0n) is 14.8. The highest BCUT2D eigenvalue weighted by atomic mass is 35.5. The van der Waals surface area contributed by atoms with Crippen molar-refractivity contribution in [1.82, 2.24) is 15.2 Å². The lowest BCUT2D eigenvalue weighted by Gasteiger charge is -2.30. The van der Waals surface area contributed by atoms with E-state index in [2.05, 4.69) is 10.6 Å². The SMILES string of the molecule is CCC1(CCNC(=O)OCc2ccccc2)NC(=O)c2ccc(Cl)c(=O)n21. The second kappa shape index (κ2) is 7.84. The monoisotopic (exact) mass is 389 g/mol. The van der Waals surface area contributed by atoms with E-state index < -0.39 is 17.3 Å². The van der Waals surface area contributed by atoms with Crippen LogP contribution >= 0.6 is 11.6 Å². The van der Waals surface area contributed by atoms with Crippen molar-refractivity contribution in [3.05, 3.63) is 69.1 Å². The first-order valence-electron chi connectivity index (χ1n) is 8.66. The Morgan fingerprint density at radius 1 is 1.22 bits per heavy atom. The summed E-state index contributed by atoms with van der Waals surface area (Å²) >= 11 is 5.95. The van der Waals surface area contributed by atoms with Crippen LogP contribution in [0.5, 0.6) is 0 Å². The van der Waals surface area contributed by atoms with Gasteiger partial charge < -0.3 is 15.4 Å². The number of aromatic nitrogens is 1. The van der Waals surface area contributed by atoms with Gasteiger partial charge in [-0.1, -0.05) is 48.9 Å². The Bertz CT molecular complexity index is 913. The largest absolute Gasteiger partial charge is 0.445 e. The summed E-state index contributed by atoms with van der Waals surface area (Å²) < 4.78 is 6.55. The van der Waals surface area contributed by atoms with Crippen molar-refractivity contribution in [3.8, 4) is 0 Å². The molecule has 0 aliphatic carbocycles. The molecule has 2 heterocycles. The molecule has 27 heavy (non-hydrogen) atoms. The summed E-state index contributed by atoms with van der Waals surface area (Å²) in [5.41, 5.74) is -0.212. The van der Waals surface area contributed by atoms with Crippen LogP contribution in [0.3, 0.4) is 0 Å². The minimum atomic E-state index is -0.929. The van der Waals surface area contributed by atoms with Crippen LogP contribution in [-0.2, 0) is 17.0 Å². The molecule has 2 N–H and O–H groups in total. The summed E-state index contributed by atoms with van der Waals surface area (Å²) in [6.07, 6.45) is 0.225. The maximum atomic E-state index is 12.5. The molecule has 0 fully saturated rings. The van der Waals surface area contributed by atoms with Crippen molar-refractivity contribution in [3.63, 3.8) is 0 Å². The molecule has 0 bridgehead atoms. The molecule has 0 spiro atoms. The number of halogens is 1. The normalized spacial score (nSPS) is 17.9. The smallest absolute Gasteiger partial charge is 0.407 e. The van der Waals surface area contributed by atoms with Crippen LogP contribution in [0.2, 0.25) is 5.02 Å². The Morgan fingerprint density at radius 3 is 2.67 bits per heavy atom. The average molecular weight is 390 g/mol. The summed E-state index contributed by atoms with van der Waals surface area (Å²) in [6, 6.07) is 12.3. The molecule has 1 aromatic carbocycles. The Morgan fingerprint density at radius 2 is 1.96 bits per heavy atom. The van der Waals surface area contributed by atoms with Gasteiger partial charge in [0.15, 0.2) is 0 Å². The number of nitrogens with zero attached hydrogens (tertiary/aromatic N) is 1. The first kappa shape index (κ1) is 19.0. The Hall–Kier alpha value is -2.80. The third-order valence-corrected chi connectivity index (χ3v) is 4.94. The van der Waals surface area contributed by atoms with Gasteiger partial charge in [-0.2, -0.15) is 0 Å². The molecule has 0 saturated carbocycles. The lowest BCUT2D eigenvalue weighted by atomic mass is 10.0. The van der Waals surface area contributed by atoms with Gasteiger partial charge in [0.05, 0.1) is 0 Å². The number of benzene rings is 1. The fourth-order valence-corrected chi connectivity index (χ4v) is 3.34. The summed E-state index contributed by atoms with van der Waals surface area (Å²) in [4.78, 5) is 36.6. The van der Waals surface area contributed by atoms with Gasteiger partial charge in [-0.3, -0.25) is 14.2 Å². The molecule has 7 nitrogen and oxygen atoms in total. The molecule has 1 atom stereocenters. The summed E-state index contributed by atoms with van der Waals surface area (Å²) in [5, 5.41) is 5.56. The fraction of sp³-hybridized carbons (Fsp3) is 0.316. The van der Waals surface area contributed by atoms with Gasteiger partial charge in [-0.05, 0) is 24.1 Å². The maximum Gasteiger partial charge on any atom is 0.407 e. The molecule has 1 aliphatic rings. The van der Waals surface area contributed by atoms with E-state index in [0.717, 1.165) is 5.56 Å². The molecule has 2 aromatic rings. The standard InChI is InChI=1S/C19H20ClN3O4/c1-2-19(22-16(24)15-9-8-14(20)17(25)23(15)19)10-11-21-18(26)27-12-13-6-4-3-5-7-13/h3-9H,2,10-12H2,1H3,(H,21,26)(H,22,24). The van der Waals surface area contributed by atoms with Crippen molar-refractivity contribution in [2.75, 3.05) is 6.54 Å². The van der Waals surface area contributed by atoms with E-state index in [1.807, 2.05) is 37.3 Å². The predicted octanol–water partition coefficient (Wildman–Crippen LogP) is 2.62. The second-order valence-electron chi connectivity index (χ2n) is 6.28. The first-order chi connectivity index (χ1) is 13.0. The molecule has 2 amide bonds. The minimum Gasteiger partial charge on any atom is -0.445 e. The zero-order chi connectivity index (χ0) is 19.4. The number of rotatable bonds is 6. The van der Waals surface area contributed by atoms with Crippen LogP contribution in [0.4, 0.5) is 4.79 Å². The Labute approximate surface area is 161 Å². The average Bonchev–Trinajstić information content (AvgIpc) is 2.96. The van der Waals surface area contributed by atoms with E-state index >= 15 is 0 Å². The number of ether oxygens (including phenoxy) is 1. The van der Waals surface area contributed by atoms with Crippen molar-refractivity contribution < 1.29 is 14.3 Å². The van der Waals surface area contributed by atoms with Crippen molar-refractivity contribution in [2.24, 2.45) is 0 Å². The predicted molar refractivity (Wildman–Crippen MR) is 101 cm³/mol. The van der Waals surface area contributed by atoms with E-state index in [0.29, 0.717) is 12.8 Å². The molecule has 0 saturated heterocycles. The topological polar surface area (TPSA) is 89.4 Å². The molecule has 3 rings (SSSR count). The molecule has 1 unspecified atom stereocenters. The lowest BCUT2D eigenvalue weighted by molar-refractivity contribution is 0.0905. The van der Waals surface area contributed by atoms with Crippen molar-refractivity contribution in [2.45, 2.75) is 32.0 Å². The number of carbonyl (C=O) groups is 2. The van der Waals surface area contributed by atoms with Crippen molar-refractivity contribution in [1.29, 1.82) is 0 Å². The number of fused-ring (bicyclic) bond motifs is 1. The zero-order valence-corrected chi connectivity index (χ0v) is 15.6. The molecule has 142 valence electrons. The van der Waals surface area contributed by atoms with Crippen LogP contribution in [-0.4, -0.2) is 23.1 Å². The van der Waals surface area contributed by atoms with Gasteiger partial charge in [-0.15, -0.1) is 0 Å². The number of amides is 2. The highest BCUT2D eigenvalue weighted by molar-refractivity contribution is 6.30. The summed E-state index contributed by atoms with van der Waals surface area (Å²) in [5.74, 6) is -0.336. The van der Waals surface area contributed by atoms with Gasteiger partial charge in [0.1, 0.15) is 23.0 Å². The van der Waals surface area contributed by atoms with Gasteiger partial charge in [-0.25, -0.2) is 4.79 Å². The number of nitrogens with one attached hydrogen (secondary N) is 2. The number of hydrogen-bond acceptors (Lipinski definition) is 4. The Kier molecular flexibility index (Phi) is 5.51. The molecule has 1 aromatic heterocycles. The van der Waals surface area contributed by atoms with Crippen LogP contribution in [0.25, 0.3) is 0 Å². The molecule has 1 aliphatic heterocycles. The van der Waals surface area contributed by atoms with E-state index in [9.17, 15) is 14.4 Å². The van der Waals surface area contributed by atoms with E-state index in [1.54, 1.807) is 0 Å². The molecular formula is C19H20ClN3O4. The highest BCUT2D eigenvalue weighted by Gasteiger charge is 2.42. The van der Waals surface area contributed by atoms with Crippen LogP contribution in [0.15, 0.2) is 47.3 Å². The van der Waals surface area contributed by atoms with E-state index in [4.69, 9.17) is 16.3 Å². The third-order valence-electron chi connectivity index (χ3n) is 4.65. The van der Waals surface area contributed by atoms with Gasteiger partial charge >= 0.3 is 6.09 Å². The summed E-state index contributed by atoms with van der Waals surface area (Å²) in [6.45, 7) is 2.25. The van der Waals surface area contributed by atoms with E-state index in [1.165, 1.54) is 16.7 Å². The van der Waals surface area contributed by atoms with Gasteiger partial charge in [0.2, 0.25) is 0 Å². The minimum absolute atomic E-state index is 0.0447. The quantitative estimate of drug-likeness (QED) is 0.794. The number of carbonyl (C=O) groups excluding carboxylic acids is 2. The number of hydrogen-bond donors (Lipinski definition) is 2. The van der Waals surface area contributed by atoms with Crippen LogP contribution in [0, 0.1) is 0 Å². The van der Waals surface area contributed by atoms with Crippen LogP contribution < -0.4 is 16.2 Å². The second-order valence-corrected chi connectivity index (χ2v) is 6.69.